The zero-order valence-corrected chi connectivity index (χ0v) is 13.1. The number of anilines is 1. The SMILES string of the molecule is COc1ccc(OCCNc2ccc(OC(F)F)c(Cl)c2)cc1. The fourth-order valence-corrected chi connectivity index (χ4v) is 2.06. The minimum absolute atomic E-state index is 0.0540. The van der Waals surface area contributed by atoms with Crippen molar-refractivity contribution in [3.63, 3.8) is 0 Å². The van der Waals surface area contributed by atoms with E-state index >= 15 is 0 Å². The van der Waals surface area contributed by atoms with Crippen LogP contribution in [-0.2, 0) is 0 Å². The topological polar surface area (TPSA) is 39.7 Å². The maximum atomic E-state index is 12.1. The van der Waals surface area contributed by atoms with Gasteiger partial charge in [-0.3, -0.25) is 0 Å². The second-order valence-corrected chi connectivity index (χ2v) is 4.88. The monoisotopic (exact) mass is 343 g/mol. The molecule has 124 valence electrons. The maximum Gasteiger partial charge on any atom is 0.387 e. The summed E-state index contributed by atoms with van der Waals surface area (Å²) >= 11 is 5.87. The molecule has 0 heterocycles. The van der Waals surface area contributed by atoms with Crippen molar-refractivity contribution in [1.82, 2.24) is 0 Å². The Morgan fingerprint density at radius 3 is 2.39 bits per heavy atom. The number of methoxy groups -OCH3 is 1. The molecule has 0 aromatic heterocycles. The lowest BCUT2D eigenvalue weighted by molar-refractivity contribution is -0.0497. The highest BCUT2D eigenvalue weighted by Crippen LogP contribution is 2.28. The van der Waals surface area contributed by atoms with Crippen LogP contribution in [0.15, 0.2) is 42.5 Å². The molecule has 0 spiro atoms. The molecule has 0 bridgehead atoms. The molecule has 0 radical (unpaired) electrons. The molecule has 23 heavy (non-hydrogen) atoms. The van der Waals surface area contributed by atoms with E-state index in [1.807, 2.05) is 24.3 Å². The fourth-order valence-electron chi connectivity index (χ4n) is 1.84. The molecule has 1 N–H and O–H groups in total. The average molecular weight is 344 g/mol. The zero-order valence-electron chi connectivity index (χ0n) is 12.4. The molecule has 0 saturated carbocycles. The van der Waals surface area contributed by atoms with Crippen LogP contribution in [0.3, 0.4) is 0 Å². The molecule has 0 saturated heterocycles. The van der Waals surface area contributed by atoms with Crippen molar-refractivity contribution in [3.8, 4) is 17.2 Å². The summed E-state index contributed by atoms with van der Waals surface area (Å²) in [6, 6.07) is 11.8. The van der Waals surface area contributed by atoms with Crippen molar-refractivity contribution in [3.05, 3.63) is 47.5 Å². The molecule has 4 nitrogen and oxygen atoms in total. The first-order valence-electron chi connectivity index (χ1n) is 6.83. The summed E-state index contributed by atoms with van der Waals surface area (Å²) in [5, 5.41) is 3.20. The first kappa shape index (κ1) is 17.1. The second-order valence-electron chi connectivity index (χ2n) is 4.47. The summed E-state index contributed by atoms with van der Waals surface area (Å²) in [4.78, 5) is 0. The number of alkyl halides is 2. The molecular formula is C16H16ClF2NO3. The van der Waals surface area contributed by atoms with Gasteiger partial charge in [-0.1, -0.05) is 11.6 Å². The van der Waals surface area contributed by atoms with E-state index in [9.17, 15) is 8.78 Å². The minimum atomic E-state index is -2.90. The van der Waals surface area contributed by atoms with E-state index in [2.05, 4.69) is 10.1 Å². The average Bonchev–Trinajstić information content (AvgIpc) is 2.54. The van der Waals surface area contributed by atoms with Crippen LogP contribution in [0.5, 0.6) is 17.2 Å². The van der Waals surface area contributed by atoms with E-state index in [0.29, 0.717) is 18.8 Å². The molecule has 7 heteroatoms. The van der Waals surface area contributed by atoms with Crippen LogP contribution in [0.25, 0.3) is 0 Å². The summed E-state index contributed by atoms with van der Waals surface area (Å²) in [6.07, 6.45) is 0. The van der Waals surface area contributed by atoms with Crippen molar-refractivity contribution in [2.75, 3.05) is 25.6 Å². The van der Waals surface area contributed by atoms with Gasteiger partial charge in [0.2, 0.25) is 0 Å². The summed E-state index contributed by atoms with van der Waals surface area (Å²) in [6.45, 7) is -1.94. The second kappa shape index (κ2) is 8.43. The molecule has 2 aromatic carbocycles. The van der Waals surface area contributed by atoms with Gasteiger partial charge in [0.1, 0.15) is 23.9 Å². The number of hydrogen-bond donors (Lipinski definition) is 1. The lowest BCUT2D eigenvalue weighted by atomic mass is 10.3. The summed E-state index contributed by atoms with van der Waals surface area (Å²) in [7, 11) is 1.60. The minimum Gasteiger partial charge on any atom is -0.497 e. The van der Waals surface area contributed by atoms with Crippen molar-refractivity contribution in [2.45, 2.75) is 6.61 Å². The van der Waals surface area contributed by atoms with Crippen LogP contribution in [0.2, 0.25) is 5.02 Å². The zero-order chi connectivity index (χ0) is 16.7. The van der Waals surface area contributed by atoms with E-state index in [4.69, 9.17) is 21.1 Å². The molecular weight excluding hydrogens is 328 g/mol. The first-order valence-corrected chi connectivity index (χ1v) is 7.21. The van der Waals surface area contributed by atoms with Gasteiger partial charge < -0.3 is 19.5 Å². The van der Waals surface area contributed by atoms with E-state index in [0.717, 1.165) is 11.5 Å². The Balaban J connectivity index is 1.78. The Bertz CT molecular complexity index is 623. The smallest absolute Gasteiger partial charge is 0.387 e. The highest BCUT2D eigenvalue weighted by Gasteiger charge is 2.08. The van der Waals surface area contributed by atoms with Crippen molar-refractivity contribution >= 4 is 17.3 Å². The van der Waals surface area contributed by atoms with Gasteiger partial charge in [-0.05, 0) is 42.5 Å². The highest BCUT2D eigenvalue weighted by molar-refractivity contribution is 6.32. The molecule has 0 unspecified atom stereocenters. The van der Waals surface area contributed by atoms with Crippen LogP contribution in [0.4, 0.5) is 14.5 Å². The van der Waals surface area contributed by atoms with Crippen LogP contribution in [0.1, 0.15) is 0 Å². The van der Waals surface area contributed by atoms with Crippen LogP contribution >= 0.6 is 11.6 Å². The van der Waals surface area contributed by atoms with Crippen LogP contribution in [0, 0.1) is 0 Å². The van der Waals surface area contributed by atoms with Crippen molar-refractivity contribution in [1.29, 1.82) is 0 Å². The number of halogens is 3. The summed E-state index contributed by atoms with van der Waals surface area (Å²) in [5.74, 6) is 1.43. The number of ether oxygens (including phenoxy) is 3. The largest absolute Gasteiger partial charge is 0.497 e. The Hall–Kier alpha value is -2.21. The van der Waals surface area contributed by atoms with Crippen molar-refractivity contribution in [2.24, 2.45) is 0 Å². The van der Waals surface area contributed by atoms with E-state index in [1.54, 1.807) is 13.2 Å². The lowest BCUT2D eigenvalue weighted by Gasteiger charge is -2.11. The van der Waals surface area contributed by atoms with Gasteiger partial charge in [0, 0.05) is 12.2 Å². The maximum absolute atomic E-state index is 12.1. The first-order chi connectivity index (χ1) is 11.1. The molecule has 2 aromatic rings. The van der Waals surface area contributed by atoms with Gasteiger partial charge >= 0.3 is 6.61 Å². The van der Waals surface area contributed by atoms with Gasteiger partial charge in [0.15, 0.2) is 0 Å². The third kappa shape index (κ3) is 5.49. The van der Waals surface area contributed by atoms with Gasteiger partial charge in [-0.2, -0.15) is 8.78 Å². The number of benzene rings is 2. The lowest BCUT2D eigenvalue weighted by Crippen LogP contribution is -2.11. The van der Waals surface area contributed by atoms with E-state index in [1.165, 1.54) is 12.1 Å². The Morgan fingerprint density at radius 2 is 1.78 bits per heavy atom. The molecule has 2 rings (SSSR count). The predicted octanol–water partition coefficient (Wildman–Crippen LogP) is 4.44. The van der Waals surface area contributed by atoms with Gasteiger partial charge in [0.25, 0.3) is 0 Å². The van der Waals surface area contributed by atoms with E-state index in [-0.39, 0.29) is 10.8 Å². The Morgan fingerprint density at radius 1 is 1.09 bits per heavy atom. The summed E-state index contributed by atoms with van der Waals surface area (Å²) < 4.78 is 39.2. The molecule has 0 atom stereocenters. The van der Waals surface area contributed by atoms with E-state index < -0.39 is 6.61 Å². The molecule has 0 aliphatic heterocycles. The molecule has 0 fully saturated rings. The fraction of sp³-hybridized carbons (Fsp3) is 0.250. The van der Waals surface area contributed by atoms with Crippen LogP contribution < -0.4 is 19.5 Å². The Kier molecular flexibility index (Phi) is 6.29. The third-order valence-corrected chi connectivity index (χ3v) is 3.20. The number of rotatable bonds is 8. The number of hydrogen-bond acceptors (Lipinski definition) is 4. The third-order valence-electron chi connectivity index (χ3n) is 2.91. The molecule has 0 aliphatic rings. The van der Waals surface area contributed by atoms with Crippen molar-refractivity contribution < 1.29 is 23.0 Å². The number of nitrogens with one attached hydrogen (secondary N) is 1. The standard InChI is InChI=1S/C16H16ClF2NO3/c1-21-12-3-5-13(6-4-12)22-9-8-20-11-2-7-15(14(17)10-11)23-16(18)19/h2-7,10,16,20H,8-9H2,1H3. The summed E-state index contributed by atoms with van der Waals surface area (Å²) in [5.41, 5.74) is 0.690. The molecule has 0 amide bonds. The van der Waals surface area contributed by atoms with Gasteiger partial charge in [-0.15, -0.1) is 0 Å². The predicted molar refractivity (Wildman–Crippen MR) is 85.1 cm³/mol. The van der Waals surface area contributed by atoms with Gasteiger partial charge in [0.05, 0.1) is 12.1 Å². The Labute approximate surface area is 137 Å². The quantitative estimate of drug-likeness (QED) is 0.719. The van der Waals surface area contributed by atoms with Gasteiger partial charge in [-0.25, -0.2) is 0 Å². The normalized spacial score (nSPS) is 10.5. The highest BCUT2D eigenvalue weighted by atomic mass is 35.5. The van der Waals surface area contributed by atoms with Crippen LogP contribution in [-0.4, -0.2) is 26.9 Å². The molecule has 0 aliphatic carbocycles.